The molecule has 0 radical (unpaired) electrons. The average Bonchev–Trinajstić information content (AvgIpc) is 3.68. The molecule has 34 heavy (non-hydrogen) atoms. The third-order valence-corrected chi connectivity index (χ3v) is 8.11. The zero-order chi connectivity index (χ0) is 24.1. The van der Waals surface area contributed by atoms with Crippen molar-refractivity contribution in [2.45, 2.75) is 69.9 Å². The Kier molecular flexibility index (Phi) is 6.31. The number of hydrogen-bond acceptors (Lipinski definition) is 5. The van der Waals surface area contributed by atoms with Crippen LogP contribution in [-0.2, 0) is 22.3 Å². The van der Waals surface area contributed by atoms with Crippen LogP contribution in [0, 0.1) is 5.92 Å². The molecule has 1 saturated carbocycles. The number of carbonyl (C=O) groups is 1. The lowest BCUT2D eigenvalue weighted by molar-refractivity contribution is -0.181. The Morgan fingerprint density at radius 1 is 1.21 bits per heavy atom. The van der Waals surface area contributed by atoms with Crippen LogP contribution < -0.4 is 4.74 Å². The van der Waals surface area contributed by atoms with Gasteiger partial charge in [-0.15, -0.1) is 0 Å². The molecule has 3 fully saturated rings. The molecule has 4 aliphatic rings. The van der Waals surface area contributed by atoms with Crippen molar-refractivity contribution in [3.8, 4) is 5.75 Å². The Bertz CT molecular complexity index is 912. The minimum absolute atomic E-state index is 0.0367. The summed E-state index contributed by atoms with van der Waals surface area (Å²) in [5.74, 6) is 0.447. The second kappa shape index (κ2) is 8.99. The van der Waals surface area contributed by atoms with Crippen LogP contribution in [0.5, 0.6) is 5.75 Å². The molecule has 0 N–H and O–H groups in total. The molecule has 188 valence electrons. The van der Waals surface area contributed by atoms with Gasteiger partial charge in [0, 0.05) is 37.3 Å². The number of amides is 1. The predicted molar refractivity (Wildman–Crippen MR) is 120 cm³/mol. The first-order valence-electron chi connectivity index (χ1n) is 12.5. The van der Waals surface area contributed by atoms with Crippen molar-refractivity contribution < 1.29 is 27.4 Å². The highest BCUT2D eigenvalue weighted by Crippen LogP contribution is 2.48. The smallest absolute Gasteiger partial charge is 0.416 e. The number of ether oxygens (including phenoxy) is 2. The van der Waals surface area contributed by atoms with Crippen LogP contribution in [-0.4, -0.2) is 77.8 Å². The molecule has 5 rings (SSSR count). The fourth-order valence-corrected chi connectivity index (χ4v) is 5.93. The van der Waals surface area contributed by atoms with Gasteiger partial charge in [-0.2, -0.15) is 13.2 Å². The molecule has 0 bridgehead atoms. The molecule has 3 heterocycles. The number of benzene rings is 1. The number of fused-ring (bicyclic) bond motifs is 1. The van der Waals surface area contributed by atoms with Crippen molar-refractivity contribution in [3.05, 3.63) is 29.3 Å². The molecular formula is C25H34F3N3O3. The number of likely N-dealkylation sites (N-methyl/N-ethyl adjacent to an activating group) is 1. The number of nitrogens with zero attached hydrogens (tertiary/aromatic N) is 3. The predicted octanol–water partition coefficient (Wildman–Crippen LogP) is 3.74. The summed E-state index contributed by atoms with van der Waals surface area (Å²) >= 11 is 0. The minimum atomic E-state index is -4.43. The molecule has 1 amide bonds. The van der Waals surface area contributed by atoms with E-state index in [2.05, 4.69) is 23.6 Å². The second-order valence-electron chi connectivity index (χ2n) is 10.2. The fraction of sp³-hybridized carbons (Fsp3) is 0.720. The summed E-state index contributed by atoms with van der Waals surface area (Å²) in [4.78, 5) is 20.3. The SMILES string of the molecule is CCN1CCN([C@@H]2CC[C@@](C(=O)N3COc4ccc(C(F)(F)F)cc4C3)(C3CC3)OC2)C[C@@H]1C. The van der Waals surface area contributed by atoms with E-state index >= 15 is 0 Å². The summed E-state index contributed by atoms with van der Waals surface area (Å²) < 4.78 is 51.7. The van der Waals surface area contributed by atoms with E-state index in [1.165, 1.54) is 11.0 Å². The molecule has 2 saturated heterocycles. The van der Waals surface area contributed by atoms with Gasteiger partial charge in [0.15, 0.2) is 6.73 Å². The third kappa shape index (κ3) is 4.42. The molecular weight excluding hydrogens is 447 g/mol. The highest BCUT2D eigenvalue weighted by atomic mass is 19.4. The van der Waals surface area contributed by atoms with Gasteiger partial charge >= 0.3 is 6.18 Å². The normalized spacial score (nSPS) is 31.1. The number of hydrogen-bond donors (Lipinski definition) is 0. The fourth-order valence-electron chi connectivity index (χ4n) is 5.93. The number of halogens is 3. The van der Waals surface area contributed by atoms with Crippen LogP contribution in [0.15, 0.2) is 18.2 Å². The molecule has 3 aliphatic heterocycles. The van der Waals surface area contributed by atoms with Gasteiger partial charge in [0.25, 0.3) is 5.91 Å². The largest absolute Gasteiger partial charge is 0.473 e. The molecule has 0 unspecified atom stereocenters. The van der Waals surface area contributed by atoms with Crippen molar-refractivity contribution in [3.63, 3.8) is 0 Å². The molecule has 1 aromatic carbocycles. The van der Waals surface area contributed by atoms with Crippen LogP contribution in [0.4, 0.5) is 13.2 Å². The van der Waals surface area contributed by atoms with E-state index in [-0.39, 0.29) is 25.1 Å². The van der Waals surface area contributed by atoms with E-state index in [0.29, 0.717) is 36.4 Å². The lowest BCUT2D eigenvalue weighted by atomic mass is 9.85. The van der Waals surface area contributed by atoms with Crippen LogP contribution in [0.25, 0.3) is 0 Å². The van der Waals surface area contributed by atoms with Crippen LogP contribution in [0.2, 0.25) is 0 Å². The Labute approximate surface area is 199 Å². The molecule has 1 aliphatic carbocycles. The molecule has 9 heteroatoms. The Morgan fingerprint density at radius 3 is 2.62 bits per heavy atom. The maximum absolute atomic E-state index is 13.7. The number of carbonyl (C=O) groups excluding carboxylic acids is 1. The molecule has 1 aromatic rings. The van der Waals surface area contributed by atoms with Crippen molar-refractivity contribution in [1.29, 1.82) is 0 Å². The van der Waals surface area contributed by atoms with Gasteiger partial charge < -0.3 is 14.4 Å². The quantitative estimate of drug-likeness (QED) is 0.656. The van der Waals surface area contributed by atoms with E-state index in [0.717, 1.165) is 57.6 Å². The van der Waals surface area contributed by atoms with Gasteiger partial charge in [-0.05, 0) is 63.3 Å². The van der Waals surface area contributed by atoms with Gasteiger partial charge in [0.05, 0.1) is 18.7 Å². The molecule has 0 aromatic heterocycles. The topological polar surface area (TPSA) is 45.2 Å². The number of piperazine rings is 1. The molecule has 0 spiro atoms. The van der Waals surface area contributed by atoms with E-state index in [4.69, 9.17) is 9.47 Å². The van der Waals surface area contributed by atoms with E-state index < -0.39 is 17.3 Å². The van der Waals surface area contributed by atoms with Crippen LogP contribution in [0.3, 0.4) is 0 Å². The zero-order valence-corrected chi connectivity index (χ0v) is 19.9. The summed E-state index contributed by atoms with van der Waals surface area (Å²) in [7, 11) is 0. The van der Waals surface area contributed by atoms with Crippen molar-refractivity contribution in [2.24, 2.45) is 5.92 Å². The first kappa shape index (κ1) is 23.9. The molecule has 3 atom stereocenters. The summed E-state index contributed by atoms with van der Waals surface area (Å²) in [6.45, 7) is 9.23. The van der Waals surface area contributed by atoms with Gasteiger partial charge in [-0.3, -0.25) is 14.6 Å². The Morgan fingerprint density at radius 2 is 2.00 bits per heavy atom. The Hall–Kier alpha value is -1.84. The summed E-state index contributed by atoms with van der Waals surface area (Å²) in [6, 6.07) is 4.26. The first-order valence-corrected chi connectivity index (χ1v) is 12.5. The van der Waals surface area contributed by atoms with Crippen molar-refractivity contribution in [2.75, 3.05) is 39.5 Å². The van der Waals surface area contributed by atoms with E-state index in [1.807, 2.05) is 0 Å². The first-order chi connectivity index (χ1) is 16.2. The van der Waals surface area contributed by atoms with Gasteiger partial charge in [-0.25, -0.2) is 0 Å². The summed E-state index contributed by atoms with van der Waals surface area (Å²) in [5.41, 5.74) is -1.22. The molecule has 6 nitrogen and oxygen atoms in total. The third-order valence-electron chi connectivity index (χ3n) is 8.11. The van der Waals surface area contributed by atoms with Gasteiger partial charge in [-0.1, -0.05) is 6.92 Å². The summed E-state index contributed by atoms with van der Waals surface area (Å²) in [6.07, 6.45) is -0.990. The highest BCUT2D eigenvalue weighted by Gasteiger charge is 2.56. The zero-order valence-electron chi connectivity index (χ0n) is 19.9. The van der Waals surface area contributed by atoms with E-state index in [9.17, 15) is 18.0 Å². The van der Waals surface area contributed by atoms with Crippen LogP contribution >= 0.6 is 0 Å². The summed E-state index contributed by atoms with van der Waals surface area (Å²) in [5, 5.41) is 0. The van der Waals surface area contributed by atoms with E-state index in [1.54, 1.807) is 0 Å². The lowest BCUT2D eigenvalue weighted by Crippen LogP contribution is -2.61. The maximum Gasteiger partial charge on any atom is 0.416 e. The highest BCUT2D eigenvalue weighted by molar-refractivity contribution is 5.86. The minimum Gasteiger partial charge on any atom is -0.473 e. The Balaban J connectivity index is 1.27. The monoisotopic (exact) mass is 481 g/mol. The van der Waals surface area contributed by atoms with Gasteiger partial charge in [0.1, 0.15) is 11.4 Å². The lowest BCUT2D eigenvalue weighted by Gasteiger charge is -2.48. The van der Waals surface area contributed by atoms with Crippen LogP contribution in [0.1, 0.15) is 50.7 Å². The second-order valence-corrected chi connectivity index (χ2v) is 10.2. The van der Waals surface area contributed by atoms with Gasteiger partial charge in [0.2, 0.25) is 0 Å². The standard InChI is InChI=1S/C25H34F3N3O3/c1-3-29-10-11-30(13-17(29)2)21-8-9-24(34-15-21,19-4-5-19)23(32)31-14-18-12-20(25(26,27)28)6-7-22(18)33-16-31/h6-7,12,17,19,21H,3-5,8-11,13-16H2,1-2H3/t17-,21+,24-/m0/s1. The average molecular weight is 482 g/mol. The number of rotatable bonds is 4. The number of alkyl halides is 3. The maximum atomic E-state index is 13.7. The van der Waals surface area contributed by atoms with Crippen molar-refractivity contribution >= 4 is 5.91 Å². The van der Waals surface area contributed by atoms with Crippen molar-refractivity contribution in [1.82, 2.24) is 14.7 Å².